The molecule has 1 amide bonds. The van der Waals surface area contributed by atoms with Crippen molar-refractivity contribution in [3.8, 4) is 0 Å². The molecule has 33 heavy (non-hydrogen) atoms. The molecule has 0 fully saturated rings. The van der Waals surface area contributed by atoms with Crippen LogP contribution < -0.4 is 10.2 Å². The van der Waals surface area contributed by atoms with Crippen LogP contribution in [-0.4, -0.2) is 16.8 Å². The van der Waals surface area contributed by atoms with Crippen LogP contribution >= 0.6 is 0 Å². The molecule has 2 N–H and O–H groups in total. The normalized spacial score (nSPS) is 15.9. The van der Waals surface area contributed by atoms with Gasteiger partial charge in [0.05, 0.1) is 11.6 Å². The zero-order valence-electron chi connectivity index (χ0n) is 19.1. The first-order valence-electron chi connectivity index (χ1n) is 11.1. The summed E-state index contributed by atoms with van der Waals surface area (Å²) in [5, 5.41) is 14.1. The van der Waals surface area contributed by atoms with Crippen LogP contribution in [0.1, 0.15) is 37.4 Å². The van der Waals surface area contributed by atoms with E-state index in [0.717, 1.165) is 22.5 Å². The summed E-state index contributed by atoms with van der Waals surface area (Å²) in [7, 11) is 0. The van der Waals surface area contributed by atoms with Crippen molar-refractivity contribution in [1.82, 2.24) is 0 Å². The van der Waals surface area contributed by atoms with E-state index in [1.54, 1.807) is 0 Å². The van der Waals surface area contributed by atoms with Gasteiger partial charge in [0.2, 0.25) is 0 Å². The van der Waals surface area contributed by atoms with Gasteiger partial charge in [-0.1, -0.05) is 61.9 Å². The maximum absolute atomic E-state index is 13.2. The molecule has 5 heteroatoms. The monoisotopic (exact) mass is 440 g/mol. The van der Waals surface area contributed by atoms with Crippen LogP contribution in [0.15, 0.2) is 90.2 Å². The molecule has 1 atom stereocenters. The molecule has 0 saturated carbocycles. The van der Waals surface area contributed by atoms with Crippen molar-refractivity contribution in [2.75, 3.05) is 10.2 Å². The van der Waals surface area contributed by atoms with E-state index < -0.39 is 17.7 Å². The van der Waals surface area contributed by atoms with E-state index in [9.17, 15) is 14.7 Å². The Kier molecular flexibility index (Phi) is 6.31. The number of carbonyl (C=O) groups is 2. The number of hydrogen-bond acceptors (Lipinski definition) is 4. The van der Waals surface area contributed by atoms with Gasteiger partial charge in [0.1, 0.15) is 0 Å². The van der Waals surface area contributed by atoms with Gasteiger partial charge >= 0.3 is 0 Å². The lowest BCUT2D eigenvalue weighted by molar-refractivity contribution is -0.118. The largest absolute Gasteiger partial charge is 0.503 e. The van der Waals surface area contributed by atoms with Crippen LogP contribution in [0, 0.1) is 12.8 Å². The second-order valence-corrected chi connectivity index (χ2v) is 8.81. The number of para-hydroxylation sites is 1. The highest BCUT2D eigenvalue weighted by Crippen LogP contribution is 2.42. The zero-order valence-corrected chi connectivity index (χ0v) is 19.1. The van der Waals surface area contributed by atoms with Crippen LogP contribution in [0.5, 0.6) is 0 Å². The molecular formula is C28H28N2O3. The lowest BCUT2D eigenvalue weighted by atomic mass is 9.91. The van der Waals surface area contributed by atoms with Gasteiger partial charge in [-0.3, -0.25) is 14.5 Å². The van der Waals surface area contributed by atoms with Crippen LogP contribution in [-0.2, 0) is 9.59 Å². The van der Waals surface area contributed by atoms with E-state index in [1.165, 1.54) is 4.90 Å². The molecule has 0 radical (unpaired) electrons. The molecule has 0 bridgehead atoms. The molecule has 168 valence electrons. The SMILES string of the molecule is Cc1cccc(C2C(C(=O)CC(C)C)=C(O)C(=O)N2c2ccc(Nc3ccccc3)cc2)c1. The standard InChI is InChI=1S/C28H28N2O3/c1-18(2)16-24(31)25-26(20-9-7-8-19(3)17-20)30(28(33)27(25)32)23-14-12-22(13-15-23)29-21-10-5-4-6-11-21/h4-15,17-18,26,29,32H,16H2,1-3H3. The number of nitrogens with zero attached hydrogens (tertiary/aromatic N) is 1. The molecule has 0 aromatic heterocycles. The first-order valence-corrected chi connectivity index (χ1v) is 11.1. The summed E-state index contributed by atoms with van der Waals surface area (Å²) < 4.78 is 0. The number of ketones is 1. The van der Waals surface area contributed by atoms with E-state index in [1.807, 2.05) is 99.6 Å². The predicted octanol–water partition coefficient (Wildman–Crippen LogP) is 6.25. The van der Waals surface area contributed by atoms with E-state index in [4.69, 9.17) is 0 Å². The molecule has 3 aromatic rings. The van der Waals surface area contributed by atoms with Gasteiger partial charge in [-0.15, -0.1) is 0 Å². The van der Waals surface area contributed by atoms with Crippen molar-refractivity contribution in [2.45, 2.75) is 33.2 Å². The number of aliphatic hydroxyl groups is 1. The van der Waals surface area contributed by atoms with Gasteiger partial charge in [0.25, 0.3) is 5.91 Å². The number of nitrogens with one attached hydrogen (secondary N) is 1. The fraction of sp³-hybridized carbons (Fsp3) is 0.214. The zero-order chi connectivity index (χ0) is 23.5. The fourth-order valence-electron chi connectivity index (χ4n) is 4.19. The van der Waals surface area contributed by atoms with Crippen molar-refractivity contribution in [3.05, 3.63) is 101 Å². The average Bonchev–Trinajstić information content (AvgIpc) is 3.05. The van der Waals surface area contributed by atoms with Gasteiger partial charge in [-0.25, -0.2) is 0 Å². The number of hydrogen-bond donors (Lipinski definition) is 2. The van der Waals surface area contributed by atoms with E-state index in [2.05, 4.69) is 5.32 Å². The summed E-state index contributed by atoms with van der Waals surface area (Å²) >= 11 is 0. The lowest BCUT2D eigenvalue weighted by Crippen LogP contribution is -2.31. The molecule has 1 aliphatic heterocycles. The van der Waals surface area contributed by atoms with Crippen molar-refractivity contribution >= 4 is 28.8 Å². The van der Waals surface area contributed by atoms with Crippen LogP contribution in [0.4, 0.5) is 17.1 Å². The molecular weight excluding hydrogens is 412 g/mol. The Labute approximate surface area is 194 Å². The number of Topliss-reactive ketones (excluding diaryl/α,β-unsaturated/α-hetero) is 1. The predicted molar refractivity (Wildman–Crippen MR) is 132 cm³/mol. The second-order valence-electron chi connectivity index (χ2n) is 8.81. The van der Waals surface area contributed by atoms with E-state index in [-0.39, 0.29) is 23.7 Å². The number of aliphatic hydroxyl groups excluding tert-OH is 1. The topological polar surface area (TPSA) is 69.6 Å². The number of aryl methyl sites for hydroxylation is 1. The number of amides is 1. The maximum atomic E-state index is 13.2. The Hall–Kier alpha value is -3.86. The summed E-state index contributed by atoms with van der Waals surface area (Å²) in [6.07, 6.45) is 0.267. The minimum atomic E-state index is -0.670. The Balaban J connectivity index is 1.71. The Morgan fingerprint density at radius 2 is 1.64 bits per heavy atom. The number of benzene rings is 3. The molecule has 4 rings (SSSR count). The summed E-state index contributed by atoms with van der Waals surface area (Å²) in [5.74, 6) is -1.10. The van der Waals surface area contributed by atoms with Gasteiger partial charge in [0.15, 0.2) is 11.5 Å². The fourth-order valence-corrected chi connectivity index (χ4v) is 4.19. The molecule has 1 heterocycles. The van der Waals surface area contributed by atoms with E-state index >= 15 is 0 Å². The first kappa shape index (κ1) is 22.3. The number of anilines is 3. The lowest BCUT2D eigenvalue weighted by Gasteiger charge is -2.27. The van der Waals surface area contributed by atoms with Crippen LogP contribution in [0.25, 0.3) is 0 Å². The van der Waals surface area contributed by atoms with Crippen molar-refractivity contribution in [2.24, 2.45) is 5.92 Å². The van der Waals surface area contributed by atoms with Crippen LogP contribution in [0.3, 0.4) is 0 Å². The molecule has 0 aliphatic carbocycles. The smallest absolute Gasteiger partial charge is 0.294 e. The van der Waals surface area contributed by atoms with Gasteiger partial charge in [0, 0.05) is 23.5 Å². The molecule has 1 aliphatic rings. The summed E-state index contributed by atoms with van der Waals surface area (Å²) in [4.78, 5) is 27.8. The van der Waals surface area contributed by atoms with Gasteiger partial charge in [-0.2, -0.15) is 0 Å². The maximum Gasteiger partial charge on any atom is 0.294 e. The molecule has 0 saturated heterocycles. The molecule has 1 unspecified atom stereocenters. The highest BCUT2D eigenvalue weighted by atomic mass is 16.3. The van der Waals surface area contributed by atoms with Crippen LogP contribution in [0.2, 0.25) is 0 Å². The number of rotatable bonds is 7. The number of carbonyl (C=O) groups excluding carboxylic acids is 2. The summed E-state index contributed by atoms with van der Waals surface area (Å²) in [5.41, 5.74) is 4.43. The first-order chi connectivity index (χ1) is 15.8. The Morgan fingerprint density at radius 1 is 0.970 bits per heavy atom. The van der Waals surface area contributed by atoms with Crippen molar-refractivity contribution in [3.63, 3.8) is 0 Å². The molecule has 0 spiro atoms. The minimum Gasteiger partial charge on any atom is -0.503 e. The average molecular weight is 441 g/mol. The second kappa shape index (κ2) is 9.33. The third-order valence-electron chi connectivity index (χ3n) is 5.67. The molecule has 3 aromatic carbocycles. The minimum absolute atomic E-state index is 0.114. The van der Waals surface area contributed by atoms with Gasteiger partial charge in [-0.05, 0) is 54.8 Å². The highest BCUT2D eigenvalue weighted by Gasteiger charge is 2.44. The van der Waals surface area contributed by atoms with E-state index in [0.29, 0.717) is 5.69 Å². The summed E-state index contributed by atoms with van der Waals surface area (Å²) in [6.45, 7) is 5.86. The Morgan fingerprint density at radius 3 is 2.27 bits per heavy atom. The van der Waals surface area contributed by atoms with Gasteiger partial charge < -0.3 is 10.4 Å². The van der Waals surface area contributed by atoms with Crippen molar-refractivity contribution < 1.29 is 14.7 Å². The third kappa shape index (κ3) is 4.67. The third-order valence-corrected chi connectivity index (χ3v) is 5.67. The summed E-state index contributed by atoms with van der Waals surface area (Å²) in [6, 6.07) is 24.3. The molecule has 5 nitrogen and oxygen atoms in total. The highest BCUT2D eigenvalue weighted by molar-refractivity contribution is 6.16. The van der Waals surface area contributed by atoms with Crippen molar-refractivity contribution in [1.29, 1.82) is 0 Å². The Bertz CT molecular complexity index is 1200. The quantitative estimate of drug-likeness (QED) is 0.455.